The summed E-state index contributed by atoms with van der Waals surface area (Å²) in [6.07, 6.45) is -4.01. The molecule has 32 heteroatoms. The molecule has 0 saturated heterocycles. The van der Waals surface area contributed by atoms with E-state index in [1.807, 2.05) is 24.3 Å². The van der Waals surface area contributed by atoms with Crippen LogP contribution in [-0.2, 0) is 47.8 Å². The summed E-state index contributed by atoms with van der Waals surface area (Å²) in [5.41, 5.74) is 7.97. The van der Waals surface area contributed by atoms with Crippen LogP contribution in [0.2, 0.25) is 0 Å². The van der Waals surface area contributed by atoms with Gasteiger partial charge in [-0.05, 0) is 93.6 Å². The Hall–Kier alpha value is -5.99. The predicted octanol–water partition coefficient (Wildman–Crippen LogP) is -4.03. The fourth-order valence-electron chi connectivity index (χ4n) is 6.07. The largest absolute Gasteiger partial charge is 1.00 e. The number of carboxylic acids is 1. The van der Waals surface area contributed by atoms with E-state index < -0.39 is 53.8 Å². The number of hydrogen-bond acceptors (Lipinski definition) is 25. The van der Waals surface area contributed by atoms with Gasteiger partial charge in [0.1, 0.15) is 23.0 Å². The third-order valence-corrected chi connectivity index (χ3v) is 9.59. The number of nitriles is 4. The fraction of sp³-hybridized carbons (Fsp3) is 0.300. The smallest absolute Gasteiger partial charge is 1.00 e. The van der Waals surface area contributed by atoms with E-state index in [2.05, 4.69) is 24.4 Å². The average Bonchev–Trinajstić information content (AvgIpc) is 3.44. The van der Waals surface area contributed by atoms with Gasteiger partial charge in [0.05, 0.1) is 123 Å². The van der Waals surface area contributed by atoms with Crippen LogP contribution in [0.15, 0.2) is 72.8 Å². The van der Waals surface area contributed by atoms with Crippen molar-refractivity contribution in [1.29, 1.82) is 21.0 Å². The zero-order valence-corrected chi connectivity index (χ0v) is 53.9. The monoisotopic (exact) mass is 1220 g/mol. The van der Waals surface area contributed by atoms with Gasteiger partial charge in [-0.25, -0.2) is 28.8 Å². The van der Waals surface area contributed by atoms with Gasteiger partial charge in [0, 0.05) is 11.6 Å². The summed E-state index contributed by atoms with van der Waals surface area (Å²) in [6, 6.07) is 26.2. The minimum Gasteiger partial charge on any atom is -1.00 e. The molecular formula is C50H54ClK2N8NaO20. The summed E-state index contributed by atoms with van der Waals surface area (Å²) < 4.78 is 39.5. The molecule has 0 radical (unpaired) electrons. The van der Waals surface area contributed by atoms with Crippen LogP contribution in [0, 0.1) is 45.3 Å². The van der Waals surface area contributed by atoms with Crippen LogP contribution in [0.5, 0.6) is 23.0 Å². The average molecular weight is 1220 g/mol. The Kier molecular flexibility index (Phi) is 44.8. The maximum atomic E-state index is 12.0. The molecule has 3 unspecified atom stereocenters. The third-order valence-electron chi connectivity index (χ3n) is 9.48. The molecular weight excluding hydrogens is 1170 g/mol. The van der Waals surface area contributed by atoms with Gasteiger partial charge in [-0.3, -0.25) is 14.6 Å². The Labute approximate surface area is 584 Å². The van der Waals surface area contributed by atoms with Crippen LogP contribution in [0.25, 0.3) is 0 Å². The number of rotatable bonds is 7. The standard InChI is InChI=1S/C14H14N2O5.C13H12N2O5.C11H10N2O3.C7H6N2O.C3H5ClO2.CH2O3.CH4.2K.Na.H2O.H/c1-3-20-14(18)16-8-12(13(17)19-2)21-11-5-4-9(7-15)6-10(11)16;1-2-19-13(18)15-7-11(12(16)17)20-10-4-3-8(6-14)5-9(10)15;1-15-11(14)10-6-13-8-4-7(5-12)2-3-9(8)16-10;8-4-5-1-2-7(10)6(9)3-5;1-2-6-3(4)5;2-1-4-3;;;;;;/h4-6,12H,3,8H2,1-2H3;3-5,11H,2,7H2,1H3,(H,16,17);2-4,10,13H,6H2,1H3;1-3,10H,9H2;2H2,1H3;1,3H;1H4;;;;1H2;/q;;;;;;;3*+1;;-1/p-2. The first-order valence-electron chi connectivity index (χ1n) is 22.0. The summed E-state index contributed by atoms with van der Waals surface area (Å²) in [5, 5.41) is 64.3. The maximum Gasteiger partial charge on any atom is 1.00 e. The molecule has 4 aromatic carbocycles. The number of fused-ring (bicyclic) bond motifs is 3. The molecule has 3 heterocycles. The van der Waals surface area contributed by atoms with Crippen LogP contribution in [0.4, 0.5) is 37.1 Å². The van der Waals surface area contributed by atoms with E-state index in [9.17, 15) is 28.8 Å². The Morgan fingerprint density at radius 3 is 1.46 bits per heavy atom. The molecule has 82 heavy (non-hydrogen) atoms. The number of amides is 2. The van der Waals surface area contributed by atoms with Gasteiger partial charge < -0.3 is 76.2 Å². The van der Waals surface area contributed by atoms with E-state index in [1.54, 1.807) is 45.0 Å². The number of benzene rings is 4. The van der Waals surface area contributed by atoms with Crippen molar-refractivity contribution in [2.45, 2.75) is 46.5 Å². The van der Waals surface area contributed by atoms with Gasteiger partial charge >= 0.3 is 168 Å². The minimum atomic E-state index is -1.17. The quantitative estimate of drug-likeness (QED) is 0.0158. The summed E-state index contributed by atoms with van der Waals surface area (Å²) in [6.45, 7) is 5.70. The molecule has 0 aromatic heterocycles. The number of carbonyl (C=O) groups excluding carboxylic acids is 6. The molecule has 3 atom stereocenters. The van der Waals surface area contributed by atoms with E-state index in [0.717, 1.165) is 5.69 Å². The van der Waals surface area contributed by atoms with Gasteiger partial charge in [0.15, 0.2) is 0 Å². The van der Waals surface area contributed by atoms with Crippen molar-refractivity contribution in [1.82, 2.24) is 0 Å². The van der Waals surface area contributed by atoms with Gasteiger partial charge in [-0.15, -0.1) is 0 Å². The number of esters is 2. The molecule has 3 aliphatic rings. The molecule has 0 spiro atoms. The minimum absolute atomic E-state index is 0. The number of carbonyl (C=O) groups is 7. The molecule has 6 N–H and O–H groups in total. The van der Waals surface area contributed by atoms with Gasteiger partial charge in [-0.1, -0.05) is 7.43 Å². The number of aromatic hydroxyl groups is 1. The summed E-state index contributed by atoms with van der Waals surface area (Å²) in [7, 11) is 2.56. The number of nitrogen functional groups attached to an aromatic ring is 1. The number of aliphatic carboxylic acids is 1. The number of nitrogens with one attached hydrogen (secondary N) is 1. The van der Waals surface area contributed by atoms with Crippen LogP contribution in [0.3, 0.4) is 0 Å². The maximum absolute atomic E-state index is 12.0. The number of carboxylic acid groups (broad SMARTS) is 1. The van der Waals surface area contributed by atoms with Crippen molar-refractivity contribution in [3.8, 4) is 47.3 Å². The third kappa shape index (κ3) is 26.9. The van der Waals surface area contributed by atoms with E-state index in [1.165, 1.54) is 72.6 Å². The molecule has 3 aliphatic heterocycles. The van der Waals surface area contributed by atoms with Crippen LogP contribution >= 0.6 is 11.6 Å². The molecule has 0 aliphatic carbocycles. The topological polar surface area (TPSA) is 436 Å². The Morgan fingerprint density at radius 2 is 1.09 bits per heavy atom. The summed E-state index contributed by atoms with van der Waals surface area (Å²) >= 11 is 4.72. The molecule has 0 bridgehead atoms. The normalized spacial score (nSPS) is 13.5. The molecule has 28 nitrogen and oxygen atoms in total. The number of phenolic OH excluding ortho intramolecular Hbond substituents is 1. The first-order valence-corrected chi connectivity index (χ1v) is 22.4. The first-order chi connectivity index (χ1) is 36.8. The number of nitrogens with two attached hydrogens (primary N) is 1. The number of ether oxygens (including phenoxy) is 8. The second-order valence-electron chi connectivity index (χ2n) is 14.4. The second-order valence-corrected chi connectivity index (χ2v) is 14.7. The molecule has 0 saturated carbocycles. The zero-order valence-electron chi connectivity index (χ0n) is 45.9. The van der Waals surface area contributed by atoms with Gasteiger partial charge in [0.2, 0.25) is 18.3 Å². The molecule has 424 valence electrons. The predicted molar refractivity (Wildman–Crippen MR) is 273 cm³/mol. The molecule has 4 aromatic rings. The molecule has 0 fully saturated rings. The number of phenols is 1. The number of anilines is 4. The van der Waals surface area contributed by atoms with Crippen molar-refractivity contribution in [2.24, 2.45) is 0 Å². The van der Waals surface area contributed by atoms with E-state index >= 15 is 0 Å². The van der Waals surface area contributed by atoms with Crippen LogP contribution in [0.1, 0.15) is 51.9 Å². The Bertz CT molecular complexity index is 2930. The summed E-state index contributed by atoms with van der Waals surface area (Å²) in [5.74, 6) is -1.05. The van der Waals surface area contributed by atoms with Crippen LogP contribution < -0.4 is 173 Å². The van der Waals surface area contributed by atoms with Crippen molar-refractivity contribution in [3.05, 3.63) is 95.1 Å². The number of hydrogen-bond donors (Lipinski definition) is 4. The van der Waals surface area contributed by atoms with E-state index in [0.29, 0.717) is 58.3 Å². The first kappa shape index (κ1) is 82.5. The number of nitrogens with zero attached hydrogens (tertiary/aromatic N) is 6. The zero-order chi connectivity index (χ0) is 57.6. The van der Waals surface area contributed by atoms with Crippen LogP contribution in [-0.4, -0.2) is 130 Å². The molecule has 2 amide bonds. The second kappa shape index (κ2) is 44.6. The number of halogens is 1. The van der Waals surface area contributed by atoms with Crippen molar-refractivity contribution in [2.75, 3.05) is 74.5 Å². The molecule has 7 rings (SSSR count). The van der Waals surface area contributed by atoms with Crippen molar-refractivity contribution in [3.63, 3.8) is 0 Å². The Morgan fingerprint density at radius 1 is 0.707 bits per heavy atom. The Balaban J connectivity index is -0.000000307. The van der Waals surface area contributed by atoms with E-state index in [-0.39, 0.29) is 197 Å². The summed E-state index contributed by atoms with van der Waals surface area (Å²) in [4.78, 5) is 81.2. The number of methoxy groups -OCH3 is 2. The van der Waals surface area contributed by atoms with Gasteiger partial charge in [0.25, 0.3) is 6.47 Å². The van der Waals surface area contributed by atoms with Gasteiger partial charge in [-0.2, -0.15) is 21.0 Å². The van der Waals surface area contributed by atoms with Crippen molar-refractivity contribution >= 4 is 76.3 Å². The fourth-order valence-corrected chi connectivity index (χ4v) is 6.18. The van der Waals surface area contributed by atoms with E-state index in [4.69, 9.17) is 82.3 Å². The van der Waals surface area contributed by atoms with Crippen molar-refractivity contribution < 1.29 is 231 Å². The SMILES string of the molecule is C.CCOC(=O)Cl.CCOC(=O)N1CC(C(=O)O)Oc2ccc(C#N)cc21.CCOC(=O)N1CC(C(=O)OC)Oc2ccc(C#N)cc21.COC(=O)C1CNc2cc(C#N)ccc2O1.N#Cc1ccc(O)c(N)c1.O=CO[O-].[H-].[K+].[K+].[Na+].[OH-].